The average Bonchev–Trinajstić information content (AvgIpc) is 2.47. The van der Waals surface area contributed by atoms with Crippen molar-refractivity contribution in [2.24, 2.45) is 5.73 Å². The number of carbonyl (C=O) groups is 1. The van der Waals surface area contributed by atoms with Crippen LogP contribution in [0.15, 0.2) is 24.3 Å². The first-order valence-electron chi connectivity index (χ1n) is 6.95. The van der Waals surface area contributed by atoms with Gasteiger partial charge in [0.15, 0.2) is 0 Å². The van der Waals surface area contributed by atoms with Crippen molar-refractivity contribution < 1.29 is 4.79 Å². The molecule has 106 valence electrons. The molecule has 1 aliphatic rings. The first-order chi connectivity index (χ1) is 9.69. The lowest BCUT2D eigenvalue weighted by Crippen LogP contribution is -2.47. The van der Waals surface area contributed by atoms with Crippen molar-refractivity contribution in [3.05, 3.63) is 35.4 Å². The molecule has 0 bridgehead atoms. The van der Waals surface area contributed by atoms with E-state index in [0.29, 0.717) is 6.54 Å². The first-order valence-corrected chi connectivity index (χ1v) is 6.95. The van der Waals surface area contributed by atoms with Crippen LogP contribution in [0.1, 0.15) is 18.1 Å². The summed E-state index contributed by atoms with van der Waals surface area (Å²) in [5, 5.41) is 0. The molecule has 0 spiro atoms. The molecule has 2 rings (SSSR count). The molecule has 0 unspecified atom stereocenters. The minimum Gasteiger partial charge on any atom is -0.340 e. The highest BCUT2D eigenvalue weighted by Gasteiger charge is 2.18. The molecule has 0 atom stereocenters. The number of hydrogen-bond acceptors (Lipinski definition) is 3. The topological polar surface area (TPSA) is 49.6 Å². The van der Waals surface area contributed by atoms with E-state index in [0.717, 1.165) is 38.3 Å². The zero-order chi connectivity index (χ0) is 14.4. The molecule has 1 aromatic carbocycles. The number of amides is 1. The Bertz CT molecular complexity index is 505. The lowest BCUT2D eigenvalue weighted by molar-refractivity contribution is -0.130. The minimum absolute atomic E-state index is 0.174. The first kappa shape index (κ1) is 14.6. The summed E-state index contributed by atoms with van der Waals surface area (Å²) >= 11 is 0. The lowest BCUT2D eigenvalue weighted by atomic mass is 10.1. The minimum atomic E-state index is 0.174. The summed E-state index contributed by atoms with van der Waals surface area (Å²) < 4.78 is 0. The molecule has 1 saturated heterocycles. The summed E-state index contributed by atoms with van der Waals surface area (Å²) in [6.07, 6.45) is 0. The van der Waals surface area contributed by atoms with Gasteiger partial charge in [0, 0.05) is 45.2 Å². The van der Waals surface area contributed by atoms with Crippen molar-refractivity contribution in [1.29, 1.82) is 0 Å². The molecular weight excluding hydrogens is 250 g/mol. The highest BCUT2D eigenvalue weighted by molar-refractivity contribution is 5.73. The predicted octanol–water partition coefficient (Wildman–Crippen LogP) is 0.661. The quantitative estimate of drug-likeness (QED) is 0.804. The number of nitrogens with zero attached hydrogens (tertiary/aromatic N) is 2. The summed E-state index contributed by atoms with van der Waals surface area (Å²) in [7, 11) is 0. The van der Waals surface area contributed by atoms with Crippen LogP contribution in [-0.2, 0) is 11.3 Å². The molecule has 1 aliphatic heterocycles. The number of rotatable bonds is 2. The Balaban J connectivity index is 1.87. The van der Waals surface area contributed by atoms with Crippen molar-refractivity contribution in [2.75, 3.05) is 32.7 Å². The van der Waals surface area contributed by atoms with Gasteiger partial charge in [0.05, 0.1) is 6.54 Å². The van der Waals surface area contributed by atoms with Gasteiger partial charge in [0.2, 0.25) is 5.91 Å². The van der Waals surface area contributed by atoms with Gasteiger partial charge in [-0.2, -0.15) is 0 Å². The maximum absolute atomic E-state index is 11.3. The van der Waals surface area contributed by atoms with Crippen molar-refractivity contribution in [1.82, 2.24) is 9.80 Å². The molecule has 0 aromatic heterocycles. The molecule has 20 heavy (non-hydrogen) atoms. The zero-order valence-electron chi connectivity index (χ0n) is 11.9. The number of benzene rings is 1. The van der Waals surface area contributed by atoms with Gasteiger partial charge >= 0.3 is 0 Å². The molecule has 1 fully saturated rings. The van der Waals surface area contributed by atoms with Gasteiger partial charge in [-0.15, -0.1) is 0 Å². The molecule has 4 nitrogen and oxygen atoms in total. The molecular formula is C16H21N3O. The Labute approximate surface area is 120 Å². The van der Waals surface area contributed by atoms with Gasteiger partial charge in [-0.3, -0.25) is 9.69 Å². The zero-order valence-corrected chi connectivity index (χ0v) is 11.9. The highest BCUT2D eigenvalue weighted by Crippen LogP contribution is 2.10. The largest absolute Gasteiger partial charge is 0.340 e. The van der Waals surface area contributed by atoms with Crippen LogP contribution in [0.25, 0.3) is 0 Å². The van der Waals surface area contributed by atoms with E-state index < -0.39 is 0 Å². The monoisotopic (exact) mass is 271 g/mol. The third kappa shape index (κ3) is 4.09. The number of carbonyl (C=O) groups excluding carboxylic acids is 1. The van der Waals surface area contributed by atoms with Gasteiger partial charge in [0.1, 0.15) is 0 Å². The van der Waals surface area contributed by atoms with Crippen molar-refractivity contribution in [3.63, 3.8) is 0 Å². The molecule has 1 heterocycles. The third-order valence-electron chi connectivity index (χ3n) is 3.51. The summed E-state index contributed by atoms with van der Waals surface area (Å²) in [5.74, 6) is 6.05. The van der Waals surface area contributed by atoms with Crippen LogP contribution in [0.2, 0.25) is 0 Å². The molecule has 0 radical (unpaired) electrons. The standard InChI is InChI=1S/C16H21N3O/c1-14(20)19-11-9-18(10-12-19)13-16-6-4-15(5-7-16)3-2-8-17/h4-7H,8-13,17H2,1H3. The van der Waals surface area contributed by atoms with Crippen LogP contribution >= 0.6 is 0 Å². The maximum Gasteiger partial charge on any atom is 0.219 e. The van der Waals surface area contributed by atoms with Crippen LogP contribution in [0.5, 0.6) is 0 Å². The predicted molar refractivity (Wildman–Crippen MR) is 79.9 cm³/mol. The normalized spacial score (nSPS) is 15.6. The number of hydrogen-bond donors (Lipinski definition) is 1. The van der Waals surface area contributed by atoms with Crippen LogP contribution in [0.4, 0.5) is 0 Å². The summed E-state index contributed by atoms with van der Waals surface area (Å²) in [4.78, 5) is 15.6. The molecule has 4 heteroatoms. The Hall–Kier alpha value is -1.83. The Kier molecular flexibility index (Phi) is 5.16. The van der Waals surface area contributed by atoms with E-state index in [9.17, 15) is 4.79 Å². The summed E-state index contributed by atoms with van der Waals surface area (Å²) in [6, 6.07) is 8.28. The fourth-order valence-corrected chi connectivity index (χ4v) is 2.33. The smallest absolute Gasteiger partial charge is 0.219 e. The Morgan fingerprint density at radius 3 is 2.40 bits per heavy atom. The van der Waals surface area contributed by atoms with Gasteiger partial charge in [-0.05, 0) is 17.7 Å². The van der Waals surface area contributed by atoms with Crippen molar-refractivity contribution >= 4 is 5.91 Å². The molecule has 0 aliphatic carbocycles. The molecule has 0 saturated carbocycles. The van der Waals surface area contributed by atoms with Crippen LogP contribution in [0.3, 0.4) is 0 Å². The maximum atomic E-state index is 11.3. The van der Waals surface area contributed by atoms with E-state index >= 15 is 0 Å². The van der Waals surface area contributed by atoms with E-state index in [-0.39, 0.29) is 5.91 Å². The lowest BCUT2D eigenvalue weighted by Gasteiger charge is -2.34. The fourth-order valence-electron chi connectivity index (χ4n) is 2.33. The van der Waals surface area contributed by atoms with Crippen LogP contribution in [0, 0.1) is 11.8 Å². The second-order valence-electron chi connectivity index (χ2n) is 4.99. The second-order valence-corrected chi connectivity index (χ2v) is 4.99. The van der Waals surface area contributed by atoms with Gasteiger partial charge < -0.3 is 10.6 Å². The van der Waals surface area contributed by atoms with Crippen molar-refractivity contribution in [3.8, 4) is 11.8 Å². The summed E-state index contributed by atoms with van der Waals surface area (Å²) in [5.41, 5.74) is 7.63. The van der Waals surface area contributed by atoms with E-state index in [4.69, 9.17) is 5.73 Å². The van der Waals surface area contributed by atoms with Crippen molar-refractivity contribution in [2.45, 2.75) is 13.5 Å². The molecule has 1 aromatic rings. The van der Waals surface area contributed by atoms with Gasteiger partial charge in [-0.1, -0.05) is 24.0 Å². The van der Waals surface area contributed by atoms with E-state index in [2.05, 4.69) is 28.9 Å². The molecule has 1 amide bonds. The van der Waals surface area contributed by atoms with Crippen LogP contribution < -0.4 is 5.73 Å². The average molecular weight is 271 g/mol. The van der Waals surface area contributed by atoms with E-state index in [1.54, 1.807) is 6.92 Å². The Morgan fingerprint density at radius 2 is 1.85 bits per heavy atom. The van der Waals surface area contributed by atoms with Gasteiger partial charge in [0.25, 0.3) is 0 Å². The SMILES string of the molecule is CC(=O)N1CCN(Cc2ccc(C#CCN)cc2)CC1. The van der Waals surface area contributed by atoms with E-state index in [1.165, 1.54) is 5.56 Å². The van der Waals surface area contributed by atoms with Crippen LogP contribution in [-0.4, -0.2) is 48.4 Å². The third-order valence-corrected chi connectivity index (χ3v) is 3.51. The highest BCUT2D eigenvalue weighted by atomic mass is 16.2. The summed E-state index contributed by atoms with van der Waals surface area (Å²) in [6.45, 7) is 6.49. The van der Waals surface area contributed by atoms with E-state index in [1.807, 2.05) is 17.0 Å². The fraction of sp³-hybridized carbons (Fsp3) is 0.438. The van der Waals surface area contributed by atoms with Gasteiger partial charge in [-0.25, -0.2) is 0 Å². The molecule has 2 N–H and O–H groups in total. The number of piperazine rings is 1. The second kappa shape index (κ2) is 7.09. The Morgan fingerprint density at radius 1 is 1.20 bits per heavy atom. The number of nitrogens with two attached hydrogens (primary N) is 1.